The van der Waals surface area contributed by atoms with Crippen molar-refractivity contribution in [2.75, 3.05) is 13.1 Å². The van der Waals surface area contributed by atoms with E-state index in [0.29, 0.717) is 11.1 Å². The number of phenols is 4. The number of aliphatic imine (C=N–C) groups is 2. The van der Waals surface area contributed by atoms with Gasteiger partial charge in [0, 0.05) is 23.6 Å². The molecule has 2 aromatic rings. The van der Waals surface area contributed by atoms with E-state index in [-0.39, 0.29) is 54.2 Å². The van der Waals surface area contributed by atoms with Gasteiger partial charge in [0.05, 0.1) is 18.8 Å². The van der Waals surface area contributed by atoms with Gasteiger partial charge < -0.3 is 25.8 Å². The van der Waals surface area contributed by atoms with Crippen LogP contribution < -0.4 is 0 Å². The standard InChI is InChI=1S/C17H17N3O4.ClH/c18-13(9-19-7-11-3-1-5-14(21)16(11)23)10-20-8-12-4-2-6-15(22)17(12)24;/h1-8,18,21-24H,9-10H2;1H. The minimum Gasteiger partial charge on any atom is -0.504 e. The van der Waals surface area contributed by atoms with Crippen LogP contribution >= 0.6 is 12.4 Å². The Labute approximate surface area is 150 Å². The monoisotopic (exact) mass is 363 g/mol. The molecule has 0 aliphatic heterocycles. The third-order valence-electron chi connectivity index (χ3n) is 3.12. The van der Waals surface area contributed by atoms with Gasteiger partial charge in [-0.3, -0.25) is 9.98 Å². The van der Waals surface area contributed by atoms with Gasteiger partial charge >= 0.3 is 0 Å². The van der Waals surface area contributed by atoms with E-state index in [1.54, 1.807) is 24.3 Å². The van der Waals surface area contributed by atoms with Gasteiger partial charge in [0.2, 0.25) is 0 Å². The fraction of sp³-hybridized carbons (Fsp3) is 0.118. The molecule has 2 aromatic carbocycles. The summed E-state index contributed by atoms with van der Waals surface area (Å²) in [5.74, 6) is -0.982. The Bertz CT molecular complexity index is 741. The van der Waals surface area contributed by atoms with E-state index in [0.717, 1.165) is 0 Å². The van der Waals surface area contributed by atoms with E-state index in [4.69, 9.17) is 5.41 Å². The van der Waals surface area contributed by atoms with E-state index < -0.39 is 0 Å². The number of nitrogens with one attached hydrogen (secondary N) is 1. The molecule has 0 radical (unpaired) electrons. The van der Waals surface area contributed by atoms with Gasteiger partial charge in [-0.2, -0.15) is 0 Å². The first-order chi connectivity index (χ1) is 11.5. The number of phenolic OH excluding ortho intramolecular Hbond substituents is 4. The average Bonchev–Trinajstić information content (AvgIpc) is 2.55. The zero-order chi connectivity index (χ0) is 17.5. The fourth-order valence-electron chi connectivity index (χ4n) is 1.86. The third kappa shape index (κ3) is 5.50. The molecule has 0 spiro atoms. The highest BCUT2D eigenvalue weighted by molar-refractivity contribution is 5.92. The molecule has 0 unspecified atom stereocenters. The largest absolute Gasteiger partial charge is 0.504 e. The summed E-state index contributed by atoms with van der Waals surface area (Å²) in [5.41, 5.74) is 0.939. The Kier molecular flexibility index (Phi) is 7.43. The summed E-state index contributed by atoms with van der Waals surface area (Å²) in [7, 11) is 0. The molecule has 132 valence electrons. The van der Waals surface area contributed by atoms with Crippen molar-refractivity contribution in [1.82, 2.24) is 0 Å². The summed E-state index contributed by atoms with van der Waals surface area (Å²) >= 11 is 0. The fourth-order valence-corrected chi connectivity index (χ4v) is 1.86. The van der Waals surface area contributed by atoms with Gasteiger partial charge in [-0.05, 0) is 24.3 Å². The van der Waals surface area contributed by atoms with Gasteiger partial charge in [0.15, 0.2) is 23.0 Å². The van der Waals surface area contributed by atoms with Gasteiger partial charge in [0.1, 0.15) is 0 Å². The minimum atomic E-state index is -0.259. The zero-order valence-corrected chi connectivity index (χ0v) is 13.9. The number of hydrogen-bond acceptors (Lipinski definition) is 7. The second-order valence-electron chi connectivity index (χ2n) is 4.97. The van der Waals surface area contributed by atoms with Gasteiger partial charge in [-0.25, -0.2) is 0 Å². The molecular formula is C17H18ClN3O4. The summed E-state index contributed by atoms with van der Waals surface area (Å²) in [6, 6.07) is 9.05. The van der Waals surface area contributed by atoms with Crippen LogP contribution in [0.25, 0.3) is 0 Å². The summed E-state index contributed by atoms with van der Waals surface area (Å²) in [6.07, 6.45) is 2.74. The maximum atomic E-state index is 9.62. The van der Waals surface area contributed by atoms with Gasteiger partial charge in [-0.15, -0.1) is 12.4 Å². The average molecular weight is 364 g/mol. The number of rotatable bonds is 6. The summed E-state index contributed by atoms with van der Waals surface area (Å²) in [4.78, 5) is 8.03. The van der Waals surface area contributed by atoms with Gasteiger partial charge in [-0.1, -0.05) is 12.1 Å². The van der Waals surface area contributed by atoms with E-state index in [9.17, 15) is 20.4 Å². The van der Waals surface area contributed by atoms with E-state index in [1.807, 2.05) is 0 Å². The lowest BCUT2D eigenvalue weighted by atomic mass is 10.2. The zero-order valence-electron chi connectivity index (χ0n) is 13.1. The highest BCUT2D eigenvalue weighted by atomic mass is 35.5. The summed E-state index contributed by atoms with van der Waals surface area (Å²) in [5, 5.41) is 45.7. The van der Waals surface area contributed by atoms with Crippen LogP contribution in [0, 0.1) is 5.41 Å². The van der Waals surface area contributed by atoms with E-state index in [2.05, 4.69) is 9.98 Å². The highest BCUT2D eigenvalue weighted by Crippen LogP contribution is 2.27. The molecule has 0 heterocycles. The first-order valence-electron chi connectivity index (χ1n) is 7.07. The van der Waals surface area contributed by atoms with Crippen molar-refractivity contribution in [3.63, 3.8) is 0 Å². The molecule has 0 fully saturated rings. The maximum absolute atomic E-state index is 9.62. The summed E-state index contributed by atoms with van der Waals surface area (Å²) < 4.78 is 0. The molecule has 5 N–H and O–H groups in total. The first-order valence-corrected chi connectivity index (χ1v) is 7.07. The first kappa shape index (κ1) is 20.0. The van der Waals surface area contributed by atoms with Crippen LogP contribution in [0.1, 0.15) is 11.1 Å². The quantitative estimate of drug-likeness (QED) is 0.398. The number of hydrogen-bond donors (Lipinski definition) is 5. The predicted octanol–water partition coefficient (Wildman–Crippen LogP) is 2.49. The molecule has 8 heteroatoms. The lowest BCUT2D eigenvalue weighted by molar-refractivity contribution is 0.403. The Balaban J connectivity index is 0.00000312. The normalized spacial score (nSPS) is 10.9. The van der Waals surface area contributed by atoms with Crippen LogP contribution in [0.5, 0.6) is 23.0 Å². The van der Waals surface area contributed by atoms with Crippen molar-refractivity contribution in [3.05, 3.63) is 47.5 Å². The number of aromatic hydroxyl groups is 4. The predicted molar refractivity (Wildman–Crippen MR) is 99.4 cm³/mol. The number of para-hydroxylation sites is 2. The lowest BCUT2D eigenvalue weighted by Gasteiger charge is -2.01. The molecule has 2 rings (SSSR count). The topological polar surface area (TPSA) is 129 Å². The Morgan fingerprint density at radius 3 is 1.60 bits per heavy atom. The van der Waals surface area contributed by atoms with Crippen LogP contribution in [-0.2, 0) is 0 Å². The number of halogens is 1. The molecule has 0 aliphatic carbocycles. The second kappa shape index (κ2) is 9.29. The molecule has 0 amide bonds. The minimum absolute atomic E-state index is 0. The van der Waals surface area contributed by atoms with Gasteiger partial charge in [0.25, 0.3) is 0 Å². The third-order valence-corrected chi connectivity index (χ3v) is 3.12. The highest BCUT2D eigenvalue weighted by Gasteiger charge is 2.04. The smallest absolute Gasteiger partial charge is 0.166 e. The van der Waals surface area contributed by atoms with Crippen molar-refractivity contribution in [2.45, 2.75) is 0 Å². The van der Waals surface area contributed by atoms with Crippen LogP contribution in [0.3, 0.4) is 0 Å². The molecule has 0 saturated carbocycles. The molecule has 0 saturated heterocycles. The Morgan fingerprint density at radius 1 is 0.800 bits per heavy atom. The maximum Gasteiger partial charge on any atom is 0.166 e. The van der Waals surface area contributed by atoms with Crippen LogP contribution in [0.2, 0.25) is 0 Å². The molecule has 25 heavy (non-hydrogen) atoms. The van der Waals surface area contributed by atoms with Crippen LogP contribution in [0.4, 0.5) is 0 Å². The molecule has 7 nitrogen and oxygen atoms in total. The van der Waals surface area contributed by atoms with E-state index >= 15 is 0 Å². The van der Waals surface area contributed by atoms with Crippen molar-refractivity contribution < 1.29 is 20.4 Å². The Hall–Kier alpha value is -3.06. The van der Waals surface area contributed by atoms with Crippen LogP contribution in [0.15, 0.2) is 46.4 Å². The second-order valence-corrected chi connectivity index (χ2v) is 4.97. The Morgan fingerprint density at radius 2 is 1.20 bits per heavy atom. The van der Waals surface area contributed by atoms with Crippen LogP contribution in [-0.4, -0.2) is 51.7 Å². The molecule has 0 bridgehead atoms. The molecule has 0 aliphatic rings. The van der Waals surface area contributed by atoms with Crippen molar-refractivity contribution in [2.24, 2.45) is 9.98 Å². The lowest BCUT2D eigenvalue weighted by Crippen LogP contribution is -2.06. The SMILES string of the molecule is Cl.N=C(CN=Cc1cccc(O)c1O)CN=Cc1cccc(O)c1O. The van der Waals surface area contributed by atoms with Crippen molar-refractivity contribution >= 4 is 30.5 Å². The number of nitrogens with zero attached hydrogens (tertiary/aromatic N) is 2. The van der Waals surface area contributed by atoms with E-state index in [1.165, 1.54) is 24.6 Å². The molecule has 0 aromatic heterocycles. The molecular weight excluding hydrogens is 346 g/mol. The summed E-state index contributed by atoms with van der Waals surface area (Å²) in [6.45, 7) is 0.164. The molecule has 0 atom stereocenters. The van der Waals surface area contributed by atoms with Crippen molar-refractivity contribution in [1.29, 1.82) is 5.41 Å². The number of benzene rings is 2. The van der Waals surface area contributed by atoms with Crippen molar-refractivity contribution in [3.8, 4) is 23.0 Å².